The van der Waals surface area contributed by atoms with Crippen molar-refractivity contribution < 1.29 is 19.7 Å². The number of rotatable bonds is 6. The number of methoxy groups -OCH3 is 2. The Hall–Kier alpha value is -0.840. The summed E-state index contributed by atoms with van der Waals surface area (Å²) in [6.45, 7) is 5.76. The van der Waals surface area contributed by atoms with E-state index in [9.17, 15) is 10.2 Å². The molecule has 0 amide bonds. The Morgan fingerprint density at radius 1 is 1.19 bits per heavy atom. The topological polar surface area (TPSA) is 58.9 Å². The van der Waals surface area contributed by atoms with Crippen LogP contribution in [0.25, 0.3) is 0 Å². The van der Waals surface area contributed by atoms with Gasteiger partial charge in [-0.2, -0.15) is 0 Å². The third kappa shape index (κ3) is 4.35. The van der Waals surface area contributed by atoms with Crippen LogP contribution in [0.3, 0.4) is 0 Å². The Kier molecular flexibility index (Phi) is 6.33. The van der Waals surface area contributed by atoms with Gasteiger partial charge in [0.25, 0.3) is 0 Å². The van der Waals surface area contributed by atoms with E-state index in [1.165, 1.54) is 19.8 Å². The van der Waals surface area contributed by atoms with Crippen molar-refractivity contribution >= 4 is 0 Å². The molecule has 0 aromatic rings. The van der Waals surface area contributed by atoms with E-state index in [-0.39, 0.29) is 5.76 Å². The average Bonchev–Trinajstić information content (AvgIpc) is 2.26. The number of ether oxygens (including phenoxy) is 2. The van der Waals surface area contributed by atoms with Crippen LogP contribution in [0.4, 0.5) is 0 Å². The molecule has 0 unspecified atom stereocenters. The summed E-state index contributed by atoms with van der Waals surface area (Å²) in [5.41, 5.74) is 1.87. The van der Waals surface area contributed by atoms with Crippen molar-refractivity contribution in [2.24, 2.45) is 0 Å². The number of allylic oxidation sites excluding steroid dienone is 3. The highest BCUT2D eigenvalue weighted by molar-refractivity contribution is 5.11. The largest absolute Gasteiger partial charge is 0.505 e. The Labute approximate surface area is 97.2 Å². The predicted octanol–water partition coefficient (Wildman–Crippen LogP) is 2.50. The minimum Gasteiger partial charge on any atom is -0.505 e. The second kappa shape index (κ2) is 6.68. The number of aliphatic hydroxyl groups excluding tert-OH is 1. The smallest absolute Gasteiger partial charge is 0.342 e. The molecular weight excluding hydrogens is 208 g/mol. The fourth-order valence-corrected chi connectivity index (χ4v) is 1.24. The third-order valence-electron chi connectivity index (χ3n) is 2.33. The minimum atomic E-state index is -2.03. The summed E-state index contributed by atoms with van der Waals surface area (Å²) in [4.78, 5) is 0. The van der Waals surface area contributed by atoms with Crippen molar-refractivity contribution in [1.29, 1.82) is 0 Å². The molecule has 0 aliphatic heterocycles. The van der Waals surface area contributed by atoms with E-state index in [0.29, 0.717) is 12.0 Å². The number of hydrogen-bond donors (Lipinski definition) is 2. The summed E-state index contributed by atoms with van der Waals surface area (Å²) in [6.07, 6.45) is 3.52. The Morgan fingerprint density at radius 3 is 2.06 bits per heavy atom. The van der Waals surface area contributed by atoms with Gasteiger partial charge in [-0.1, -0.05) is 11.6 Å². The first-order valence-corrected chi connectivity index (χ1v) is 5.22. The standard InChI is InChI=1S/C12H22O4/c1-9(2)7-6-8-10(3)11(13)12(14,15-4)16-5/h7,13-14H,6,8H2,1-5H3. The summed E-state index contributed by atoms with van der Waals surface area (Å²) in [7, 11) is 2.53. The van der Waals surface area contributed by atoms with E-state index in [1.807, 2.05) is 13.8 Å². The first-order valence-electron chi connectivity index (χ1n) is 5.22. The van der Waals surface area contributed by atoms with Crippen LogP contribution in [-0.4, -0.2) is 30.4 Å². The van der Waals surface area contributed by atoms with Gasteiger partial charge in [-0.3, -0.25) is 0 Å². The molecule has 0 aromatic carbocycles. The molecule has 0 saturated heterocycles. The van der Waals surface area contributed by atoms with E-state index in [1.54, 1.807) is 6.92 Å². The summed E-state index contributed by atoms with van der Waals surface area (Å²) >= 11 is 0. The van der Waals surface area contributed by atoms with E-state index in [2.05, 4.69) is 6.08 Å². The van der Waals surface area contributed by atoms with Crippen LogP contribution in [-0.2, 0) is 9.47 Å². The van der Waals surface area contributed by atoms with Crippen LogP contribution in [0.2, 0.25) is 0 Å². The van der Waals surface area contributed by atoms with E-state index >= 15 is 0 Å². The molecule has 0 aliphatic rings. The van der Waals surface area contributed by atoms with Gasteiger partial charge in [-0.15, -0.1) is 0 Å². The Morgan fingerprint density at radius 2 is 1.69 bits per heavy atom. The molecule has 16 heavy (non-hydrogen) atoms. The lowest BCUT2D eigenvalue weighted by Gasteiger charge is -2.24. The average molecular weight is 230 g/mol. The van der Waals surface area contributed by atoms with Gasteiger partial charge in [-0.25, -0.2) is 0 Å². The van der Waals surface area contributed by atoms with Crippen LogP contribution in [0, 0.1) is 0 Å². The highest BCUT2D eigenvalue weighted by Gasteiger charge is 2.33. The maximum atomic E-state index is 9.76. The number of aliphatic hydroxyl groups is 2. The fraction of sp³-hybridized carbons (Fsp3) is 0.667. The van der Waals surface area contributed by atoms with Crippen LogP contribution in [0.1, 0.15) is 33.6 Å². The molecule has 0 spiro atoms. The molecule has 0 fully saturated rings. The zero-order valence-electron chi connectivity index (χ0n) is 10.7. The maximum absolute atomic E-state index is 9.76. The lowest BCUT2D eigenvalue weighted by Crippen LogP contribution is -2.36. The van der Waals surface area contributed by atoms with Crippen molar-refractivity contribution in [2.45, 2.75) is 39.6 Å². The maximum Gasteiger partial charge on any atom is 0.342 e. The molecule has 0 aliphatic carbocycles. The molecule has 4 nitrogen and oxygen atoms in total. The summed E-state index contributed by atoms with van der Waals surface area (Å²) < 4.78 is 9.41. The first kappa shape index (κ1) is 15.2. The van der Waals surface area contributed by atoms with Crippen molar-refractivity contribution in [2.75, 3.05) is 14.2 Å². The van der Waals surface area contributed by atoms with E-state index in [0.717, 1.165) is 6.42 Å². The van der Waals surface area contributed by atoms with Crippen LogP contribution < -0.4 is 0 Å². The fourth-order valence-electron chi connectivity index (χ4n) is 1.24. The molecule has 0 atom stereocenters. The van der Waals surface area contributed by atoms with Gasteiger partial charge in [0, 0.05) is 14.2 Å². The van der Waals surface area contributed by atoms with Crippen molar-refractivity contribution in [1.82, 2.24) is 0 Å². The molecule has 94 valence electrons. The van der Waals surface area contributed by atoms with Crippen molar-refractivity contribution in [3.8, 4) is 0 Å². The van der Waals surface area contributed by atoms with Gasteiger partial charge in [0.2, 0.25) is 0 Å². The van der Waals surface area contributed by atoms with Gasteiger partial charge in [0.05, 0.1) is 0 Å². The normalized spacial score (nSPS) is 13.4. The molecule has 0 aromatic heterocycles. The second-order valence-corrected chi connectivity index (χ2v) is 3.94. The zero-order valence-corrected chi connectivity index (χ0v) is 10.7. The summed E-state index contributed by atoms with van der Waals surface area (Å²) in [5.74, 6) is -2.31. The van der Waals surface area contributed by atoms with Gasteiger partial charge < -0.3 is 19.7 Å². The van der Waals surface area contributed by atoms with Gasteiger partial charge in [-0.05, 0) is 39.2 Å². The van der Waals surface area contributed by atoms with E-state index in [4.69, 9.17) is 9.47 Å². The second-order valence-electron chi connectivity index (χ2n) is 3.94. The number of hydrogen-bond acceptors (Lipinski definition) is 4. The van der Waals surface area contributed by atoms with E-state index < -0.39 is 5.97 Å². The van der Waals surface area contributed by atoms with Crippen molar-refractivity contribution in [3.63, 3.8) is 0 Å². The summed E-state index contributed by atoms with van der Waals surface area (Å²) in [6, 6.07) is 0. The third-order valence-corrected chi connectivity index (χ3v) is 2.33. The molecule has 4 heteroatoms. The summed E-state index contributed by atoms with van der Waals surface area (Å²) in [5, 5.41) is 19.5. The SMILES string of the molecule is COC(O)(OC)C(O)=C(C)CCC=C(C)C. The molecule has 0 saturated carbocycles. The molecule has 0 heterocycles. The lowest BCUT2D eigenvalue weighted by atomic mass is 10.1. The van der Waals surface area contributed by atoms with Crippen LogP contribution >= 0.6 is 0 Å². The highest BCUT2D eigenvalue weighted by Crippen LogP contribution is 2.22. The highest BCUT2D eigenvalue weighted by atomic mass is 16.8. The van der Waals surface area contributed by atoms with Gasteiger partial charge >= 0.3 is 5.97 Å². The predicted molar refractivity (Wildman–Crippen MR) is 63.0 cm³/mol. The lowest BCUT2D eigenvalue weighted by molar-refractivity contribution is -0.327. The molecule has 0 rings (SSSR count). The molecular formula is C12H22O4. The van der Waals surface area contributed by atoms with Gasteiger partial charge in [0.1, 0.15) is 0 Å². The first-order chi connectivity index (χ1) is 7.37. The molecule has 0 radical (unpaired) electrons. The van der Waals surface area contributed by atoms with Crippen LogP contribution in [0.5, 0.6) is 0 Å². The molecule has 0 bridgehead atoms. The Bertz CT molecular complexity index is 271. The molecule has 2 N–H and O–H groups in total. The monoisotopic (exact) mass is 230 g/mol. The minimum absolute atomic E-state index is 0.278. The zero-order chi connectivity index (χ0) is 12.8. The van der Waals surface area contributed by atoms with Gasteiger partial charge in [0.15, 0.2) is 5.76 Å². The van der Waals surface area contributed by atoms with Crippen molar-refractivity contribution in [3.05, 3.63) is 23.0 Å². The van der Waals surface area contributed by atoms with Crippen LogP contribution in [0.15, 0.2) is 23.0 Å². The quantitative estimate of drug-likeness (QED) is 0.418. The Balaban J connectivity index is 4.63.